The number of esters is 1. The highest BCUT2D eigenvalue weighted by atomic mass is 79.9. The van der Waals surface area contributed by atoms with Crippen molar-refractivity contribution in [3.05, 3.63) is 28.2 Å². The van der Waals surface area contributed by atoms with Crippen LogP contribution in [0.3, 0.4) is 0 Å². The Hall–Kier alpha value is -1.54. The molecule has 0 unspecified atom stereocenters. The number of nitrogen functional groups attached to an aromatic ring is 1. The Kier molecular flexibility index (Phi) is 3.48. The molecule has 0 aromatic heterocycles. The number of hydrogen-bond donors (Lipinski definition) is 1. The molecular weight excluding hydrogens is 248 g/mol. The number of nitriles is 1. The van der Waals surface area contributed by atoms with E-state index < -0.39 is 5.97 Å². The van der Waals surface area contributed by atoms with E-state index in [2.05, 4.69) is 20.7 Å². The van der Waals surface area contributed by atoms with E-state index in [1.54, 1.807) is 18.2 Å². The molecule has 1 rings (SSSR count). The lowest BCUT2D eigenvalue weighted by atomic mass is 10.2. The molecule has 5 heteroatoms. The fourth-order valence-corrected chi connectivity index (χ4v) is 1.28. The van der Waals surface area contributed by atoms with Crippen molar-refractivity contribution >= 4 is 27.6 Å². The first kappa shape index (κ1) is 10.5. The molecule has 0 saturated heterocycles. The Labute approximate surface area is 89.4 Å². The Morgan fingerprint density at radius 1 is 1.64 bits per heavy atom. The van der Waals surface area contributed by atoms with Crippen LogP contribution >= 0.6 is 15.9 Å². The minimum absolute atomic E-state index is 0.264. The van der Waals surface area contributed by atoms with Gasteiger partial charge >= 0.3 is 5.97 Å². The average Bonchev–Trinajstić information content (AvgIpc) is 2.18. The largest absolute Gasteiger partial charge is 0.447 e. The molecule has 72 valence electrons. The molecule has 0 spiro atoms. The van der Waals surface area contributed by atoms with Crippen molar-refractivity contribution in [1.82, 2.24) is 0 Å². The summed E-state index contributed by atoms with van der Waals surface area (Å²) in [5.74, 6) is -0.564. The van der Waals surface area contributed by atoms with Crippen molar-refractivity contribution in [2.24, 2.45) is 0 Å². The lowest BCUT2D eigenvalue weighted by Crippen LogP contribution is -2.06. The van der Waals surface area contributed by atoms with Gasteiger partial charge in [-0.05, 0) is 34.1 Å². The molecule has 14 heavy (non-hydrogen) atoms. The molecule has 2 N–H and O–H groups in total. The number of halogens is 1. The zero-order valence-electron chi connectivity index (χ0n) is 7.16. The number of carbonyl (C=O) groups is 1. The fourth-order valence-electron chi connectivity index (χ4n) is 0.875. The summed E-state index contributed by atoms with van der Waals surface area (Å²) in [4.78, 5) is 11.3. The first-order chi connectivity index (χ1) is 6.65. The molecule has 0 bridgehead atoms. The number of nitrogens with zero attached hydrogens (tertiary/aromatic N) is 1. The monoisotopic (exact) mass is 254 g/mol. The van der Waals surface area contributed by atoms with Gasteiger partial charge < -0.3 is 10.5 Å². The van der Waals surface area contributed by atoms with Crippen LogP contribution in [-0.2, 0) is 4.74 Å². The summed E-state index contributed by atoms with van der Waals surface area (Å²) in [7, 11) is 0. The Morgan fingerprint density at radius 3 is 3.00 bits per heavy atom. The quantitative estimate of drug-likeness (QED) is 0.644. The maximum absolute atomic E-state index is 11.3. The third kappa shape index (κ3) is 2.47. The van der Waals surface area contributed by atoms with Crippen LogP contribution in [0.2, 0.25) is 0 Å². The van der Waals surface area contributed by atoms with Crippen molar-refractivity contribution in [2.75, 3.05) is 12.3 Å². The van der Waals surface area contributed by atoms with Gasteiger partial charge in [0.05, 0.1) is 5.56 Å². The lowest BCUT2D eigenvalue weighted by molar-refractivity contribution is 0.0554. The molecule has 0 aliphatic rings. The predicted molar refractivity (Wildman–Crippen MR) is 54.4 cm³/mol. The number of benzene rings is 1. The number of carbonyl (C=O) groups excluding carboxylic acids is 1. The molecule has 0 radical (unpaired) electrons. The van der Waals surface area contributed by atoms with Crippen molar-refractivity contribution < 1.29 is 9.53 Å². The van der Waals surface area contributed by atoms with Crippen molar-refractivity contribution in [3.63, 3.8) is 0 Å². The molecule has 0 heterocycles. The molecule has 0 atom stereocenters. The normalized spacial score (nSPS) is 9.14. The molecule has 0 fully saturated rings. The van der Waals surface area contributed by atoms with Crippen LogP contribution in [0.5, 0.6) is 0 Å². The number of nitrogens with two attached hydrogens (primary N) is 1. The van der Waals surface area contributed by atoms with Crippen LogP contribution in [0.25, 0.3) is 0 Å². The fraction of sp³-hybridized carbons (Fsp3) is 0.111. The van der Waals surface area contributed by atoms with Gasteiger partial charge in [0.15, 0.2) is 6.61 Å². The zero-order chi connectivity index (χ0) is 10.6. The second-order valence-electron chi connectivity index (χ2n) is 2.47. The number of ether oxygens (including phenoxy) is 1. The smallest absolute Gasteiger partial charge is 0.340 e. The van der Waals surface area contributed by atoms with E-state index in [1.165, 1.54) is 6.07 Å². The van der Waals surface area contributed by atoms with E-state index in [1.807, 2.05) is 0 Å². The van der Waals surface area contributed by atoms with E-state index in [0.29, 0.717) is 15.7 Å². The molecule has 0 saturated carbocycles. The lowest BCUT2D eigenvalue weighted by Gasteiger charge is -2.03. The minimum Gasteiger partial charge on any atom is -0.447 e. The third-order valence-electron chi connectivity index (χ3n) is 1.48. The first-order valence-corrected chi connectivity index (χ1v) is 4.53. The number of rotatable bonds is 2. The SMILES string of the molecule is N#CCOC(=O)c1cc(N)ccc1Br. The van der Waals surface area contributed by atoms with Gasteiger partial charge in [-0.2, -0.15) is 5.26 Å². The van der Waals surface area contributed by atoms with Crippen LogP contribution in [0.15, 0.2) is 22.7 Å². The van der Waals surface area contributed by atoms with Crippen LogP contribution in [-0.4, -0.2) is 12.6 Å². The van der Waals surface area contributed by atoms with Gasteiger partial charge in [0.25, 0.3) is 0 Å². The van der Waals surface area contributed by atoms with Crippen LogP contribution in [0.1, 0.15) is 10.4 Å². The summed E-state index contributed by atoms with van der Waals surface area (Å²) in [6, 6.07) is 6.51. The van der Waals surface area contributed by atoms with Crippen LogP contribution in [0, 0.1) is 11.3 Å². The van der Waals surface area contributed by atoms with Gasteiger partial charge in [-0.1, -0.05) is 0 Å². The molecule has 0 aliphatic carbocycles. The summed E-state index contributed by atoms with van der Waals surface area (Å²) >= 11 is 3.18. The number of hydrogen-bond acceptors (Lipinski definition) is 4. The molecule has 1 aromatic carbocycles. The van der Waals surface area contributed by atoms with Gasteiger partial charge in [-0.15, -0.1) is 0 Å². The minimum atomic E-state index is -0.564. The highest BCUT2D eigenvalue weighted by Crippen LogP contribution is 2.20. The van der Waals surface area contributed by atoms with Gasteiger partial charge in [0.1, 0.15) is 6.07 Å². The highest BCUT2D eigenvalue weighted by molar-refractivity contribution is 9.10. The van der Waals surface area contributed by atoms with E-state index >= 15 is 0 Å². The Morgan fingerprint density at radius 2 is 2.36 bits per heavy atom. The molecule has 0 aliphatic heterocycles. The summed E-state index contributed by atoms with van der Waals surface area (Å²) in [6.45, 7) is -0.264. The van der Waals surface area contributed by atoms with E-state index in [4.69, 9.17) is 11.0 Å². The maximum Gasteiger partial charge on any atom is 0.340 e. The molecule has 0 amide bonds. The average molecular weight is 255 g/mol. The zero-order valence-corrected chi connectivity index (χ0v) is 8.74. The predicted octanol–water partition coefficient (Wildman–Crippen LogP) is 1.71. The van der Waals surface area contributed by atoms with Gasteiger partial charge in [-0.3, -0.25) is 0 Å². The number of anilines is 1. The van der Waals surface area contributed by atoms with Crippen LogP contribution < -0.4 is 5.73 Å². The summed E-state index contributed by atoms with van der Waals surface area (Å²) in [6.07, 6.45) is 0. The molecular formula is C9H7BrN2O2. The van der Waals surface area contributed by atoms with E-state index in [0.717, 1.165) is 0 Å². The molecule has 1 aromatic rings. The highest BCUT2D eigenvalue weighted by Gasteiger charge is 2.11. The van der Waals surface area contributed by atoms with Gasteiger partial charge in [-0.25, -0.2) is 4.79 Å². The molecule has 4 nitrogen and oxygen atoms in total. The Balaban J connectivity index is 2.90. The van der Waals surface area contributed by atoms with Crippen molar-refractivity contribution in [1.29, 1.82) is 5.26 Å². The van der Waals surface area contributed by atoms with E-state index in [9.17, 15) is 4.79 Å². The topological polar surface area (TPSA) is 76.1 Å². The second kappa shape index (κ2) is 4.63. The first-order valence-electron chi connectivity index (χ1n) is 3.74. The van der Waals surface area contributed by atoms with Gasteiger partial charge in [0, 0.05) is 10.2 Å². The van der Waals surface area contributed by atoms with Crippen molar-refractivity contribution in [3.8, 4) is 6.07 Å². The summed E-state index contributed by atoms with van der Waals surface area (Å²) < 4.78 is 5.22. The second-order valence-corrected chi connectivity index (χ2v) is 3.33. The third-order valence-corrected chi connectivity index (χ3v) is 2.17. The van der Waals surface area contributed by atoms with Gasteiger partial charge in [0.2, 0.25) is 0 Å². The van der Waals surface area contributed by atoms with E-state index in [-0.39, 0.29) is 6.61 Å². The Bertz CT molecular complexity index is 398. The maximum atomic E-state index is 11.3. The standard InChI is InChI=1S/C9H7BrN2O2/c10-8-2-1-6(12)5-7(8)9(13)14-4-3-11/h1-2,5H,4,12H2. The summed E-state index contributed by atoms with van der Waals surface area (Å²) in [5, 5.41) is 8.22. The van der Waals surface area contributed by atoms with Crippen LogP contribution in [0.4, 0.5) is 5.69 Å². The van der Waals surface area contributed by atoms with Crippen molar-refractivity contribution in [2.45, 2.75) is 0 Å². The summed E-state index contributed by atoms with van der Waals surface area (Å²) in [5.41, 5.74) is 6.29.